The number of rotatable bonds is 5. The number of carbonyl (C=O) groups is 4. The molecule has 3 rings (SSSR count). The minimum Gasteiger partial charge on any atom is -0.372 e. The van der Waals surface area contributed by atoms with E-state index < -0.39 is 35.5 Å². The highest BCUT2D eigenvalue weighted by atomic mass is 19.1. The first-order chi connectivity index (χ1) is 12.8. The minimum atomic E-state index is -1.11. The highest BCUT2D eigenvalue weighted by molar-refractivity contribution is 6.23. The average molecular weight is 374 g/mol. The van der Waals surface area contributed by atoms with E-state index in [4.69, 9.17) is 5.53 Å². The zero-order valence-electron chi connectivity index (χ0n) is 14.3. The monoisotopic (exact) mass is 374 g/mol. The number of hydrogen-bond donors (Lipinski definition) is 1. The van der Waals surface area contributed by atoms with E-state index in [1.165, 1.54) is 11.0 Å². The Balaban J connectivity index is 1.91. The molecule has 0 spiro atoms. The highest BCUT2D eigenvalue weighted by Crippen LogP contribution is 2.32. The third-order valence-electron chi connectivity index (χ3n) is 4.52. The molecule has 4 amide bonds. The first kappa shape index (κ1) is 18.3. The van der Waals surface area contributed by atoms with Crippen molar-refractivity contribution >= 4 is 29.3 Å². The summed E-state index contributed by atoms with van der Waals surface area (Å²) < 4.78 is 14.5. The normalized spacial score (nSPS) is 18.9. The Hall–Kier alpha value is -3.46. The lowest BCUT2D eigenvalue weighted by Crippen LogP contribution is -2.54. The van der Waals surface area contributed by atoms with E-state index in [1.807, 2.05) is 0 Å². The second-order valence-electron chi connectivity index (χ2n) is 6.17. The quantitative estimate of drug-likeness (QED) is 0.354. The van der Waals surface area contributed by atoms with E-state index in [0.29, 0.717) is 0 Å². The van der Waals surface area contributed by atoms with Gasteiger partial charge in [-0.15, -0.1) is 0 Å². The van der Waals surface area contributed by atoms with E-state index in [9.17, 15) is 23.6 Å². The number of fused-ring (bicyclic) bond motifs is 1. The van der Waals surface area contributed by atoms with Gasteiger partial charge in [-0.05, 0) is 24.1 Å². The third-order valence-corrected chi connectivity index (χ3v) is 4.52. The minimum absolute atomic E-state index is 0.00553. The van der Waals surface area contributed by atoms with Gasteiger partial charge in [0.05, 0.1) is 16.8 Å². The van der Waals surface area contributed by atoms with E-state index in [2.05, 4.69) is 15.3 Å². The van der Waals surface area contributed by atoms with Crippen LogP contribution in [0.3, 0.4) is 0 Å². The van der Waals surface area contributed by atoms with Crippen molar-refractivity contribution in [1.29, 1.82) is 0 Å². The molecular weight excluding hydrogens is 359 g/mol. The van der Waals surface area contributed by atoms with E-state index in [0.717, 1.165) is 11.0 Å². The lowest BCUT2D eigenvalue weighted by molar-refractivity contribution is -0.136. The predicted molar refractivity (Wildman–Crippen MR) is 90.4 cm³/mol. The van der Waals surface area contributed by atoms with Crippen LogP contribution in [0.15, 0.2) is 17.2 Å². The molecule has 27 heavy (non-hydrogen) atoms. The van der Waals surface area contributed by atoms with Gasteiger partial charge in [0.2, 0.25) is 11.8 Å². The van der Waals surface area contributed by atoms with Crippen molar-refractivity contribution in [3.05, 3.63) is 39.5 Å². The van der Waals surface area contributed by atoms with Crippen LogP contribution in [0, 0.1) is 5.82 Å². The zero-order valence-corrected chi connectivity index (χ0v) is 14.3. The Bertz CT molecular complexity index is 910. The maximum atomic E-state index is 14.5. The molecule has 0 aromatic heterocycles. The van der Waals surface area contributed by atoms with E-state index in [1.54, 1.807) is 7.05 Å². The zero-order chi connectivity index (χ0) is 19.7. The van der Waals surface area contributed by atoms with Crippen LogP contribution in [0.5, 0.6) is 0 Å². The molecule has 1 aromatic carbocycles. The van der Waals surface area contributed by atoms with E-state index >= 15 is 0 Å². The Morgan fingerprint density at radius 1 is 1.30 bits per heavy atom. The molecule has 11 heteroatoms. The Morgan fingerprint density at radius 2 is 1.96 bits per heavy atom. The maximum Gasteiger partial charge on any atom is 0.262 e. The summed E-state index contributed by atoms with van der Waals surface area (Å²) in [6.45, 7) is 0.303. The van der Waals surface area contributed by atoms with Crippen molar-refractivity contribution < 1.29 is 23.6 Å². The number of carbonyl (C=O) groups excluding carboxylic acids is 4. The fraction of sp³-hybridized carbons (Fsp3) is 0.375. The van der Waals surface area contributed by atoms with Gasteiger partial charge in [0.25, 0.3) is 11.8 Å². The van der Waals surface area contributed by atoms with Crippen molar-refractivity contribution in [2.24, 2.45) is 5.11 Å². The number of halogens is 1. The van der Waals surface area contributed by atoms with Gasteiger partial charge in [-0.25, -0.2) is 4.39 Å². The van der Waals surface area contributed by atoms with Gasteiger partial charge in [-0.2, -0.15) is 0 Å². The van der Waals surface area contributed by atoms with Gasteiger partial charge in [0.1, 0.15) is 11.9 Å². The SMILES string of the molecule is CN(CCN=[N+]=[N-])c1cc2c(cc1F)C(=O)N(C1CCC(=O)NC1=O)C2=O. The molecule has 0 saturated carbocycles. The largest absolute Gasteiger partial charge is 0.372 e. The summed E-state index contributed by atoms with van der Waals surface area (Å²) in [6.07, 6.45) is 0.0309. The van der Waals surface area contributed by atoms with Crippen LogP contribution in [0.25, 0.3) is 10.4 Å². The number of likely N-dealkylation sites (N-methyl/N-ethyl adjacent to an activating group) is 1. The summed E-state index contributed by atoms with van der Waals surface area (Å²) >= 11 is 0. The fourth-order valence-electron chi connectivity index (χ4n) is 3.13. The Labute approximate surface area is 152 Å². The number of piperidine rings is 1. The molecule has 2 aliphatic rings. The number of hydrogen-bond acceptors (Lipinski definition) is 6. The molecule has 1 aromatic rings. The summed E-state index contributed by atoms with van der Waals surface area (Å²) in [7, 11) is 1.55. The molecule has 0 radical (unpaired) electrons. The van der Waals surface area contributed by atoms with Gasteiger partial charge in [-0.3, -0.25) is 29.4 Å². The molecule has 2 heterocycles. The molecule has 0 bridgehead atoms. The molecule has 10 nitrogen and oxygen atoms in total. The van der Waals surface area contributed by atoms with E-state index in [-0.39, 0.29) is 42.7 Å². The van der Waals surface area contributed by atoms with Crippen LogP contribution >= 0.6 is 0 Å². The molecule has 1 saturated heterocycles. The standard InChI is InChI=1S/C16H15FN6O4/c1-22(5-4-19-21-18)12-7-9-8(6-10(12)17)15(26)23(16(9)27)11-2-3-13(24)20-14(11)25/h6-7,11H,2-5H2,1H3,(H,20,24,25). The lowest BCUT2D eigenvalue weighted by Gasteiger charge is -2.27. The lowest BCUT2D eigenvalue weighted by atomic mass is 10.0. The second kappa shape index (κ2) is 7.04. The topological polar surface area (TPSA) is 136 Å². The van der Waals surface area contributed by atoms with Crippen molar-refractivity contribution in [1.82, 2.24) is 10.2 Å². The number of anilines is 1. The summed E-state index contributed by atoms with van der Waals surface area (Å²) in [6, 6.07) is 1.09. The number of nitrogens with one attached hydrogen (secondary N) is 1. The number of azide groups is 1. The first-order valence-corrected chi connectivity index (χ1v) is 8.12. The molecule has 1 N–H and O–H groups in total. The first-order valence-electron chi connectivity index (χ1n) is 8.12. The maximum absolute atomic E-state index is 14.5. The van der Waals surface area contributed by atoms with Crippen LogP contribution < -0.4 is 10.2 Å². The number of amides is 4. The highest BCUT2D eigenvalue weighted by Gasteiger charge is 2.45. The van der Waals surface area contributed by atoms with Crippen LogP contribution in [0.4, 0.5) is 10.1 Å². The predicted octanol–water partition coefficient (Wildman–Crippen LogP) is 0.973. The van der Waals surface area contributed by atoms with Crippen LogP contribution in [0.2, 0.25) is 0 Å². The Morgan fingerprint density at radius 3 is 2.59 bits per heavy atom. The van der Waals surface area contributed by atoms with Crippen molar-refractivity contribution in [2.45, 2.75) is 18.9 Å². The molecular formula is C16H15FN6O4. The van der Waals surface area contributed by atoms with Crippen LogP contribution in [0.1, 0.15) is 33.6 Å². The molecule has 1 fully saturated rings. The summed E-state index contributed by atoms with van der Waals surface area (Å²) in [5, 5.41) is 5.47. The molecule has 1 atom stereocenters. The number of nitrogens with zero attached hydrogens (tertiary/aromatic N) is 5. The number of imide groups is 2. The smallest absolute Gasteiger partial charge is 0.262 e. The van der Waals surface area contributed by atoms with Gasteiger partial charge in [0, 0.05) is 31.5 Å². The van der Waals surface area contributed by atoms with Crippen LogP contribution in [-0.2, 0) is 9.59 Å². The molecule has 0 aliphatic carbocycles. The summed E-state index contributed by atoms with van der Waals surface area (Å²) in [4.78, 5) is 53.4. The average Bonchev–Trinajstić information content (AvgIpc) is 2.85. The Kier molecular flexibility index (Phi) is 4.78. The van der Waals surface area contributed by atoms with Gasteiger partial charge in [-0.1, -0.05) is 5.11 Å². The molecule has 140 valence electrons. The van der Waals surface area contributed by atoms with Crippen molar-refractivity contribution in [3.63, 3.8) is 0 Å². The second-order valence-corrected chi connectivity index (χ2v) is 6.17. The van der Waals surface area contributed by atoms with Crippen LogP contribution in [-0.4, -0.2) is 54.7 Å². The number of benzene rings is 1. The van der Waals surface area contributed by atoms with Gasteiger partial charge in [0.15, 0.2) is 0 Å². The van der Waals surface area contributed by atoms with Crippen molar-refractivity contribution in [2.75, 3.05) is 25.0 Å². The molecule has 2 aliphatic heterocycles. The van der Waals surface area contributed by atoms with Gasteiger partial charge < -0.3 is 4.90 Å². The van der Waals surface area contributed by atoms with Crippen molar-refractivity contribution in [3.8, 4) is 0 Å². The van der Waals surface area contributed by atoms with Gasteiger partial charge >= 0.3 is 0 Å². The summed E-state index contributed by atoms with van der Waals surface area (Å²) in [5.74, 6) is -3.40. The molecule has 1 unspecified atom stereocenters. The third kappa shape index (κ3) is 3.20. The fourth-order valence-corrected chi connectivity index (χ4v) is 3.13. The summed E-state index contributed by atoms with van der Waals surface area (Å²) in [5.41, 5.74) is 8.23.